The fraction of sp³-hybridized carbons (Fsp3) is 0.529. The van der Waals surface area contributed by atoms with Gasteiger partial charge in [0, 0.05) is 18.0 Å². The van der Waals surface area contributed by atoms with E-state index < -0.39 is 5.82 Å². The van der Waals surface area contributed by atoms with Crippen LogP contribution in [0.5, 0.6) is 0 Å². The molecule has 6 heteroatoms. The molecule has 0 radical (unpaired) electrons. The molecule has 4 N–H and O–H groups in total. The molecule has 0 aromatic heterocycles. The molecule has 0 atom stereocenters. The second-order valence-corrected chi connectivity index (χ2v) is 5.96. The van der Waals surface area contributed by atoms with Crippen molar-refractivity contribution in [3.63, 3.8) is 0 Å². The van der Waals surface area contributed by atoms with Gasteiger partial charge in [0.1, 0.15) is 5.82 Å². The van der Waals surface area contributed by atoms with E-state index in [1.807, 2.05) is 0 Å². The van der Waals surface area contributed by atoms with Crippen molar-refractivity contribution in [2.75, 3.05) is 17.2 Å². The van der Waals surface area contributed by atoms with Crippen LogP contribution in [0.1, 0.15) is 44.9 Å². The Bertz CT molecular complexity index is 557. The molecule has 1 aromatic carbocycles. The first-order valence-electron chi connectivity index (χ1n) is 8.20. The molecule has 0 saturated heterocycles. The first kappa shape index (κ1) is 17.4. The second-order valence-electron chi connectivity index (χ2n) is 5.96. The van der Waals surface area contributed by atoms with Gasteiger partial charge in [-0.25, -0.2) is 4.39 Å². The number of hydrogen-bond donors (Lipinski definition) is 3. The average Bonchev–Trinajstić information content (AvgIpc) is 2.56. The summed E-state index contributed by atoms with van der Waals surface area (Å²) >= 11 is 0. The van der Waals surface area contributed by atoms with Gasteiger partial charge in [0.05, 0.1) is 5.69 Å². The van der Waals surface area contributed by atoms with Crippen LogP contribution in [0.15, 0.2) is 18.2 Å². The fourth-order valence-electron chi connectivity index (χ4n) is 2.78. The minimum absolute atomic E-state index is 0.0500. The molecule has 1 aliphatic carbocycles. The number of amides is 2. The highest BCUT2D eigenvalue weighted by Gasteiger charge is 2.22. The molecule has 1 saturated carbocycles. The Morgan fingerprint density at radius 1 is 1.17 bits per heavy atom. The number of anilines is 2. The van der Waals surface area contributed by atoms with Gasteiger partial charge >= 0.3 is 0 Å². The quantitative estimate of drug-likeness (QED) is 0.753. The lowest BCUT2D eigenvalue weighted by molar-refractivity contribution is -0.120. The van der Waals surface area contributed by atoms with Crippen molar-refractivity contribution in [3.8, 4) is 0 Å². The second kappa shape index (κ2) is 8.62. The molecule has 0 aliphatic heterocycles. The molecule has 0 bridgehead atoms. The number of hydrogen-bond acceptors (Lipinski definition) is 3. The summed E-state index contributed by atoms with van der Waals surface area (Å²) in [7, 11) is 0. The topological polar surface area (TPSA) is 84.2 Å². The summed E-state index contributed by atoms with van der Waals surface area (Å²) in [5.41, 5.74) is 5.94. The van der Waals surface area contributed by atoms with E-state index in [1.165, 1.54) is 18.2 Å². The van der Waals surface area contributed by atoms with Gasteiger partial charge in [-0.1, -0.05) is 19.3 Å². The van der Waals surface area contributed by atoms with Crippen LogP contribution < -0.4 is 16.4 Å². The minimum Gasteiger partial charge on any atom is -0.330 e. The van der Waals surface area contributed by atoms with Gasteiger partial charge in [0.15, 0.2) is 0 Å². The molecule has 0 unspecified atom stereocenters. The maximum Gasteiger partial charge on any atom is 0.227 e. The largest absolute Gasteiger partial charge is 0.330 e. The van der Waals surface area contributed by atoms with Crippen molar-refractivity contribution >= 4 is 23.2 Å². The zero-order valence-electron chi connectivity index (χ0n) is 13.2. The molecule has 1 aromatic rings. The average molecular weight is 321 g/mol. The van der Waals surface area contributed by atoms with Crippen LogP contribution in [-0.2, 0) is 9.59 Å². The standard InChI is InChI=1S/C17H24FN3O2/c18-14-9-8-13(20-16(22)7-4-10-19)11-15(14)21-17(23)12-5-2-1-3-6-12/h8-9,11-12H,1-7,10,19H2,(H,20,22)(H,21,23). The Hall–Kier alpha value is -1.95. The third kappa shape index (κ3) is 5.32. The number of benzene rings is 1. The van der Waals surface area contributed by atoms with Gasteiger partial charge in [-0.3, -0.25) is 9.59 Å². The lowest BCUT2D eigenvalue weighted by atomic mass is 9.88. The third-order valence-corrected chi connectivity index (χ3v) is 4.09. The number of halogens is 1. The third-order valence-electron chi connectivity index (χ3n) is 4.09. The van der Waals surface area contributed by atoms with Crippen LogP contribution in [0.3, 0.4) is 0 Å². The van der Waals surface area contributed by atoms with Crippen LogP contribution in [-0.4, -0.2) is 18.4 Å². The van der Waals surface area contributed by atoms with Crippen LogP contribution in [0.2, 0.25) is 0 Å². The maximum absolute atomic E-state index is 13.9. The lowest BCUT2D eigenvalue weighted by Crippen LogP contribution is -2.25. The molecule has 0 spiro atoms. The maximum atomic E-state index is 13.9. The van der Waals surface area contributed by atoms with Gasteiger partial charge in [-0.15, -0.1) is 0 Å². The predicted molar refractivity (Wildman–Crippen MR) is 88.5 cm³/mol. The van der Waals surface area contributed by atoms with Crippen molar-refractivity contribution < 1.29 is 14.0 Å². The van der Waals surface area contributed by atoms with Crippen molar-refractivity contribution in [3.05, 3.63) is 24.0 Å². The van der Waals surface area contributed by atoms with Gasteiger partial charge in [0.25, 0.3) is 0 Å². The molecule has 1 fully saturated rings. The normalized spacial score (nSPS) is 15.2. The summed E-state index contributed by atoms with van der Waals surface area (Å²) in [4.78, 5) is 23.9. The van der Waals surface area contributed by atoms with E-state index in [0.29, 0.717) is 25.1 Å². The first-order chi connectivity index (χ1) is 11.1. The van der Waals surface area contributed by atoms with Gasteiger partial charge < -0.3 is 16.4 Å². The Kier molecular flexibility index (Phi) is 6.52. The van der Waals surface area contributed by atoms with Crippen LogP contribution in [0.25, 0.3) is 0 Å². The molecule has 0 heterocycles. The van der Waals surface area contributed by atoms with E-state index in [-0.39, 0.29) is 23.4 Å². The Labute approximate surface area is 135 Å². The number of nitrogens with one attached hydrogen (secondary N) is 2. The van der Waals surface area contributed by atoms with E-state index in [0.717, 1.165) is 32.1 Å². The zero-order chi connectivity index (χ0) is 16.7. The highest BCUT2D eigenvalue weighted by atomic mass is 19.1. The molecule has 5 nitrogen and oxygen atoms in total. The smallest absolute Gasteiger partial charge is 0.227 e. The van der Waals surface area contributed by atoms with Crippen molar-refractivity contribution in [2.45, 2.75) is 44.9 Å². The van der Waals surface area contributed by atoms with Crippen LogP contribution in [0.4, 0.5) is 15.8 Å². The minimum atomic E-state index is -0.505. The van der Waals surface area contributed by atoms with Crippen molar-refractivity contribution in [1.82, 2.24) is 0 Å². The van der Waals surface area contributed by atoms with Crippen LogP contribution >= 0.6 is 0 Å². The Morgan fingerprint density at radius 3 is 2.61 bits per heavy atom. The summed E-state index contributed by atoms with van der Waals surface area (Å²) in [6, 6.07) is 4.18. The molecular weight excluding hydrogens is 297 g/mol. The molecule has 23 heavy (non-hydrogen) atoms. The van der Waals surface area contributed by atoms with E-state index in [9.17, 15) is 14.0 Å². The van der Waals surface area contributed by atoms with Gasteiger partial charge in [-0.2, -0.15) is 0 Å². The lowest BCUT2D eigenvalue weighted by Gasteiger charge is -2.21. The number of nitrogens with two attached hydrogens (primary N) is 1. The predicted octanol–water partition coefficient (Wildman–Crippen LogP) is 3.02. The first-order valence-corrected chi connectivity index (χ1v) is 8.20. The summed E-state index contributed by atoms with van der Waals surface area (Å²) in [5.74, 6) is -0.873. The highest BCUT2D eigenvalue weighted by Crippen LogP contribution is 2.26. The van der Waals surface area contributed by atoms with Crippen molar-refractivity contribution in [1.29, 1.82) is 0 Å². The monoisotopic (exact) mass is 321 g/mol. The zero-order valence-corrected chi connectivity index (χ0v) is 13.2. The molecule has 2 amide bonds. The molecular formula is C17H24FN3O2. The van der Waals surface area contributed by atoms with E-state index in [4.69, 9.17) is 5.73 Å². The SMILES string of the molecule is NCCCC(=O)Nc1ccc(F)c(NC(=O)C2CCCCC2)c1. The van der Waals surface area contributed by atoms with E-state index in [2.05, 4.69) is 10.6 Å². The fourth-order valence-corrected chi connectivity index (χ4v) is 2.78. The highest BCUT2D eigenvalue weighted by molar-refractivity contribution is 5.95. The summed E-state index contributed by atoms with van der Waals surface area (Å²) in [6.45, 7) is 0.444. The Balaban J connectivity index is 1.99. The molecule has 2 rings (SSSR count). The number of carbonyl (C=O) groups excluding carboxylic acids is 2. The van der Waals surface area contributed by atoms with Gasteiger partial charge in [0.2, 0.25) is 11.8 Å². The molecule has 126 valence electrons. The van der Waals surface area contributed by atoms with Gasteiger partial charge in [-0.05, 0) is 44.0 Å². The Morgan fingerprint density at radius 2 is 1.91 bits per heavy atom. The van der Waals surface area contributed by atoms with E-state index >= 15 is 0 Å². The number of rotatable bonds is 6. The molecule has 1 aliphatic rings. The number of carbonyl (C=O) groups is 2. The van der Waals surface area contributed by atoms with Crippen molar-refractivity contribution in [2.24, 2.45) is 11.7 Å². The van der Waals surface area contributed by atoms with Crippen LogP contribution in [0, 0.1) is 11.7 Å². The summed E-state index contributed by atoms with van der Waals surface area (Å²) in [6.07, 6.45) is 5.85. The summed E-state index contributed by atoms with van der Waals surface area (Å²) < 4.78 is 13.9. The summed E-state index contributed by atoms with van der Waals surface area (Å²) in [5, 5.41) is 5.34. The van der Waals surface area contributed by atoms with E-state index in [1.54, 1.807) is 0 Å².